The van der Waals surface area contributed by atoms with Gasteiger partial charge in [0, 0.05) is 31.2 Å². The number of piperidine rings is 1. The zero-order chi connectivity index (χ0) is 27.1. The Hall–Kier alpha value is -2.88. The van der Waals surface area contributed by atoms with Crippen molar-refractivity contribution in [1.82, 2.24) is 24.5 Å². The van der Waals surface area contributed by atoms with Crippen LogP contribution in [0.2, 0.25) is 0 Å². The lowest BCUT2D eigenvalue weighted by Crippen LogP contribution is -2.37. The standard InChI is InChI=1S/C29H39N5O3S/c1-4-5-16-33(3)17-8-15-31-29(35)25-21-28(27-9-6-7-14-30-27)32-26-11-10-23(20-24(25)26)38(36,37)34-18-12-22(2)13-19-34/h6-7,9-11,14,20-22H,4-5,8,12-13,15-19H2,1-3H3,(H,31,35). The van der Waals surface area contributed by atoms with Crippen LogP contribution in [0.3, 0.4) is 0 Å². The van der Waals surface area contributed by atoms with Gasteiger partial charge in [-0.15, -0.1) is 0 Å². The Labute approximate surface area is 226 Å². The molecular weight excluding hydrogens is 498 g/mol. The Morgan fingerprint density at radius 2 is 1.84 bits per heavy atom. The van der Waals surface area contributed by atoms with Crippen LogP contribution in [0.1, 0.15) is 56.3 Å². The lowest BCUT2D eigenvalue weighted by atomic mass is 10.0. The first-order chi connectivity index (χ1) is 18.3. The van der Waals surface area contributed by atoms with Gasteiger partial charge < -0.3 is 10.2 Å². The summed E-state index contributed by atoms with van der Waals surface area (Å²) in [5.74, 6) is 0.279. The number of aromatic nitrogens is 2. The molecule has 1 amide bonds. The van der Waals surface area contributed by atoms with Crippen LogP contribution in [0.15, 0.2) is 53.6 Å². The maximum Gasteiger partial charge on any atom is 0.252 e. The normalized spacial score (nSPS) is 15.3. The Bertz CT molecular complexity index is 1340. The first kappa shape index (κ1) is 28.1. The molecular formula is C29H39N5O3S. The molecule has 0 aliphatic carbocycles. The van der Waals surface area contributed by atoms with Gasteiger partial charge in [0.05, 0.1) is 27.4 Å². The Kier molecular flexibility index (Phi) is 9.46. The molecule has 1 saturated heterocycles. The second kappa shape index (κ2) is 12.8. The highest BCUT2D eigenvalue weighted by molar-refractivity contribution is 7.89. The number of fused-ring (bicyclic) bond motifs is 1. The largest absolute Gasteiger partial charge is 0.352 e. The summed E-state index contributed by atoms with van der Waals surface area (Å²) in [6.07, 6.45) is 6.53. The van der Waals surface area contributed by atoms with E-state index in [4.69, 9.17) is 4.98 Å². The third-order valence-electron chi connectivity index (χ3n) is 7.23. The van der Waals surface area contributed by atoms with Crippen LogP contribution < -0.4 is 5.32 Å². The van der Waals surface area contributed by atoms with Crippen molar-refractivity contribution in [2.24, 2.45) is 5.92 Å². The number of unbranched alkanes of at least 4 members (excludes halogenated alkanes) is 1. The molecule has 204 valence electrons. The molecule has 0 radical (unpaired) electrons. The van der Waals surface area contributed by atoms with Crippen LogP contribution in [0, 0.1) is 5.92 Å². The lowest BCUT2D eigenvalue weighted by molar-refractivity contribution is 0.0953. The molecule has 2 aromatic heterocycles. The second-order valence-electron chi connectivity index (χ2n) is 10.3. The number of sulfonamides is 1. The van der Waals surface area contributed by atoms with Gasteiger partial charge in [-0.25, -0.2) is 13.4 Å². The number of carbonyl (C=O) groups is 1. The van der Waals surface area contributed by atoms with Crippen molar-refractivity contribution >= 4 is 26.8 Å². The lowest BCUT2D eigenvalue weighted by Gasteiger charge is -2.29. The molecule has 0 spiro atoms. The van der Waals surface area contributed by atoms with E-state index in [0.29, 0.717) is 53.4 Å². The summed E-state index contributed by atoms with van der Waals surface area (Å²) in [7, 11) is -1.57. The van der Waals surface area contributed by atoms with E-state index in [1.807, 2.05) is 18.2 Å². The fraction of sp³-hybridized carbons (Fsp3) is 0.483. The van der Waals surface area contributed by atoms with Crippen LogP contribution in [0.4, 0.5) is 0 Å². The van der Waals surface area contributed by atoms with E-state index in [1.165, 1.54) is 0 Å². The highest BCUT2D eigenvalue weighted by Crippen LogP contribution is 2.29. The average molecular weight is 538 g/mol. The summed E-state index contributed by atoms with van der Waals surface area (Å²) in [5.41, 5.74) is 2.19. The number of amides is 1. The molecule has 0 atom stereocenters. The van der Waals surface area contributed by atoms with Gasteiger partial charge in [0.1, 0.15) is 0 Å². The molecule has 1 fully saturated rings. The molecule has 0 saturated carbocycles. The summed E-state index contributed by atoms with van der Waals surface area (Å²) < 4.78 is 28.4. The SMILES string of the molecule is CCCCN(C)CCCNC(=O)c1cc(-c2ccccn2)nc2ccc(S(=O)(=O)N3CCC(C)CC3)cc12. The molecule has 1 aromatic carbocycles. The molecule has 1 aliphatic heterocycles. The number of hydrogen-bond acceptors (Lipinski definition) is 6. The smallest absolute Gasteiger partial charge is 0.252 e. The van der Waals surface area contributed by atoms with E-state index < -0.39 is 10.0 Å². The van der Waals surface area contributed by atoms with Crippen molar-refractivity contribution < 1.29 is 13.2 Å². The zero-order valence-electron chi connectivity index (χ0n) is 22.7. The number of carbonyl (C=O) groups excluding carboxylic acids is 1. The Balaban J connectivity index is 1.63. The van der Waals surface area contributed by atoms with Gasteiger partial charge in [0.2, 0.25) is 10.0 Å². The minimum atomic E-state index is -3.66. The van der Waals surface area contributed by atoms with Gasteiger partial charge in [0.25, 0.3) is 5.91 Å². The van der Waals surface area contributed by atoms with E-state index in [-0.39, 0.29) is 10.8 Å². The Morgan fingerprint density at radius 3 is 2.55 bits per heavy atom. The number of rotatable bonds is 11. The molecule has 0 bridgehead atoms. The van der Waals surface area contributed by atoms with Gasteiger partial charge >= 0.3 is 0 Å². The topological polar surface area (TPSA) is 95.5 Å². The summed E-state index contributed by atoms with van der Waals surface area (Å²) in [5, 5.41) is 3.56. The highest BCUT2D eigenvalue weighted by atomic mass is 32.2. The zero-order valence-corrected chi connectivity index (χ0v) is 23.5. The van der Waals surface area contributed by atoms with Crippen molar-refractivity contribution in [1.29, 1.82) is 0 Å². The number of nitrogens with zero attached hydrogens (tertiary/aromatic N) is 4. The molecule has 4 rings (SSSR count). The van der Waals surface area contributed by atoms with E-state index >= 15 is 0 Å². The number of pyridine rings is 2. The fourth-order valence-electron chi connectivity index (χ4n) is 4.76. The Morgan fingerprint density at radius 1 is 1.08 bits per heavy atom. The predicted octanol–water partition coefficient (Wildman–Crippen LogP) is 4.57. The van der Waals surface area contributed by atoms with Gasteiger partial charge in [-0.05, 0) is 88.1 Å². The summed E-state index contributed by atoms with van der Waals surface area (Å²) in [6.45, 7) is 7.82. The minimum Gasteiger partial charge on any atom is -0.352 e. The average Bonchev–Trinajstić information content (AvgIpc) is 2.93. The number of hydrogen-bond donors (Lipinski definition) is 1. The van der Waals surface area contributed by atoms with Crippen LogP contribution in [-0.4, -0.2) is 73.3 Å². The van der Waals surface area contributed by atoms with Crippen molar-refractivity contribution in [3.05, 3.63) is 54.2 Å². The number of nitrogens with one attached hydrogen (secondary N) is 1. The van der Waals surface area contributed by atoms with Crippen LogP contribution >= 0.6 is 0 Å². The van der Waals surface area contributed by atoms with Crippen molar-refractivity contribution in [2.45, 2.75) is 50.8 Å². The maximum atomic E-state index is 13.4. The third kappa shape index (κ3) is 6.76. The van der Waals surface area contributed by atoms with E-state index in [2.05, 4.69) is 36.1 Å². The molecule has 9 heteroatoms. The quantitative estimate of drug-likeness (QED) is 0.360. The maximum absolute atomic E-state index is 13.4. The monoisotopic (exact) mass is 537 g/mol. The van der Waals surface area contributed by atoms with Gasteiger partial charge in [-0.1, -0.05) is 26.3 Å². The first-order valence-corrected chi connectivity index (χ1v) is 15.1. The van der Waals surface area contributed by atoms with E-state index in [9.17, 15) is 13.2 Å². The van der Waals surface area contributed by atoms with Gasteiger partial charge in [-0.2, -0.15) is 4.31 Å². The van der Waals surface area contributed by atoms with Crippen molar-refractivity contribution in [2.75, 3.05) is 39.8 Å². The van der Waals surface area contributed by atoms with Crippen molar-refractivity contribution in [3.63, 3.8) is 0 Å². The van der Waals surface area contributed by atoms with Crippen LogP contribution in [-0.2, 0) is 10.0 Å². The molecule has 0 unspecified atom stereocenters. The molecule has 38 heavy (non-hydrogen) atoms. The van der Waals surface area contributed by atoms with E-state index in [0.717, 1.165) is 45.2 Å². The molecule has 1 aliphatic rings. The number of benzene rings is 1. The third-order valence-corrected chi connectivity index (χ3v) is 9.12. The van der Waals surface area contributed by atoms with Gasteiger partial charge in [-0.3, -0.25) is 9.78 Å². The van der Waals surface area contributed by atoms with Crippen LogP contribution in [0.5, 0.6) is 0 Å². The molecule has 3 aromatic rings. The minimum absolute atomic E-state index is 0.193. The fourth-order valence-corrected chi connectivity index (χ4v) is 6.26. The molecule has 1 N–H and O–H groups in total. The second-order valence-corrected chi connectivity index (χ2v) is 12.2. The highest BCUT2D eigenvalue weighted by Gasteiger charge is 2.29. The predicted molar refractivity (Wildman–Crippen MR) is 151 cm³/mol. The summed E-state index contributed by atoms with van der Waals surface area (Å²) in [4.78, 5) is 25.0. The van der Waals surface area contributed by atoms with Crippen molar-refractivity contribution in [3.8, 4) is 11.4 Å². The molecule has 3 heterocycles. The summed E-state index contributed by atoms with van der Waals surface area (Å²) >= 11 is 0. The molecule has 8 nitrogen and oxygen atoms in total. The first-order valence-electron chi connectivity index (χ1n) is 13.6. The summed E-state index contributed by atoms with van der Waals surface area (Å²) in [6, 6.07) is 12.2. The van der Waals surface area contributed by atoms with E-state index in [1.54, 1.807) is 34.8 Å². The van der Waals surface area contributed by atoms with Crippen LogP contribution in [0.25, 0.3) is 22.3 Å². The van der Waals surface area contributed by atoms with Gasteiger partial charge in [0.15, 0.2) is 0 Å².